The van der Waals surface area contributed by atoms with Crippen LogP contribution in [0.4, 0.5) is 27.9 Å². The van der Waals surface area contributed by atoms with Crippen LogP contribution in [0.15, 0.2) is 72.8 Å². The Morgan fingerprint density at radius 3 is 2.21 bits per heavy atom. The average molecular weight is 424 g/mol. The van der Waals surface area contributed by atoms with E-state index in [0.29, 0.717) is 44.1 Å². The summed E-state index contributed by atoms with van der Waals surface area (Å²) in [7, 11) is 0. The predicted molar refractivity (Wildman–Crippen MR) is 118 cm³/mol. The second-order valence-electron chi connectivity index (χ2n) is 6.14. The number of urea groups is 1. The molecule has 0 atom stereocenters. The first-order chi connectivity index (χ1) is 14.1. The van der Waals surface area contributed by atoms with Crippen LogP contribution in [-0.4, -0.2) is 16.0 Å². The minimum absolute atomic E-state index is 0.303. The van der Waals surface area contributed by atoms with Gasteiger partial charge in [0, 0.05) is 26.8 Å². The van der Waals surface area contributed by atoms with Crippen molar-refractivity contribution in [1.82, 2.24) is 9.97 Å². The molecule has 144 valence electrons. The Morgan fingerprint density at radius 2 is 1.45 bits per heavy atom. The van der Waals surface area contributed by atoms with E-state index in [4.69, 9.17) is 23.2 Å². The van der Waals surface area contributed by atoms with Gasteiger partial charge in [0.15, 0.2) is 0 Å². The first kappa shape index (κ1) is 19.0. The van der Waals surface area contributed by atoms with E-state index >= 15 is 0 Å². The van der Waals surface area contributed by atoms with Gasteiger partial charge < -0.3 is 10.6 Å². The van der Waals surface area contributed by atoms with Crippen molar-refractivity contribution in [2.75, 3.05) is 16.0 Å². The minimum atomic E-state index is -0.406. The Bertz CT molecular complexity index is 1160. The van der Waals surface area contributed by atoms with Gasteiger partial charge in [-0.2, -0.15) is 4.98 Å². The van der Waals surface area contributed by atoms with Crippen LogP contribution in [0.25, 0.3) is 10.9 Å². The number of amides is 2. The van der Waals surface area contributed by atoms with Crippen molar-refractivity contribution in [3.8, 4) is 0 Å². The Kier molecular flexibility index (Phi) is 5.46. The van der Waals surface area contributed by atoms with Crippen molar-refractivity contribution in [2.24, 2.45) is 0 Å². The number of aromatic nitrogens is 2. The molecule has 0 bridgehead atoms. The van der Waals surface area contributed by atoms with Gasteiger partial charge in [0.2, 0.25) is 5.95 Å². The number of hydrogen-bond donors (Lipinski definition) is 3. The highest BCUT2D eigenvalue weighted by Gasteiger charge is 2.11. The van der Waals surface area contributed by atoms with Crippen molar-refractivity contribution in [2.45, 2.75) is 0 Å². The Hall–Kier alpha value is -3.35. The molecule has 3 aromatic carbocycles. The normalized spacial score (nSPS) is 10.6. The van der Waals surface area contributed by atoms with Crippen LogP contribution >= 0.6 is 23.2 Å². The molecule has 0 aliphatic carbocycles. The lowest BCUT2D eigenvalue weighted by Gasteiger charge is -2.12. The molecule has 0 aliphatic rings. The first-order valence-corrected chi connectivity index (χ1v) is 9.45. The lowest BCUT2D eigenvalue weighted by molar-refractivity contribution is 0.262. The molecule has 0 fully saturated rings. The van der Waals surface area contributed by atoms with Gasteiger partial charge in [0.05, 0.1) is 5.52 Å². The van der Waals surface area contributed by atoms with Gasteiger partial charge in [0.25, 0.3) is 0 Å². The number of carbonyl (C=O) groups is 1. The zero-order chi connectivity index (χ0) is 20.2. The topological polar surface area (TPSA) is 78.9 Å². The van der Waals surface area contributed by atoms with E-state index in [0.717, 1.165) is 0 Å². The third-order valence-corrected chi connectivity index (χ3v) is 4.42. The second-order valence-corrected chi connectivity index (χ2v) is 7.01. The van der Waals surface area contributed by atoms with Crippen molar-refractivity contribution < 1.29 is 4.79 Å². The van der Waals surface area contributed by atoms with Gasteiger partial charge in [-0.25, -0.2) is 9.78 Å². The smallest absolute Gasteiger partial charge is 0.324 e. The van der Waals surface area contributed by atoms with Crippen LogP contribution in [-0.2, 0) is 0 Å². The molecule has 8 heteroatoms. The molecule has 2 amide bonds. The lowest BCUT2D eigenvalue weighted by atomic mass is 10.2. The maximum atomic E-state index is 12.4. The van der Waals surface area contributed by atoms with Crippen LogP contribution in [0, 0.1) is 0 Å². The number of rotatable bonds is 4. The number of para-hydroxylation sites is 2. The summed E-state index contributed by atoms with van der Waals surface area (Å²) < 4.78 is 0. The molecule has 1 aromatic heterocycles. The average Bonchev–Trinajstić information content (AvgIpc) is 2.68. The predicted octanol–water partition coefficient (Wildman–Crippen LogP) is 6.32. The van der Waals surface area contributed by atoms with Crippen LogP contribution in [0.5, 0.6) is 0 Å². The number of nitrogens with zero attached hydrogens (tertiary/aromatic N) is 2. The summed E-state index contributed by atoms with van der Waals surface area (Å²) in [5, 5.41) is 10.3. The molecule has 1 heterocycles. The minimum Gasteiger partial charge on any atom is -0.324 e. The summed E-state index contributed by atoms with van der Waals surface area (Å²) in [4.78, 5) is 21.4. The van der Waals surface area contributed by atoms with Gasteiger partial charge in [0.1, 0.15) is 5.82 Å². The molecule has 4 rings (SSSR count). The van der Waals surface area contributed by atoms with Crippen LogP contribution in [0.1, 0.15) is 0 Å². The number of nitrogens with one attached hydrogen (secondary N) is 3. The molecule has 6 nitrogen and oxygen atoms in total. The van der Waals surface area contributed by atoms with Gasteiger partial charge in [-0.3, -0.25) is 5.32 Å². The molecular formula is C21H15Cl2N5O. The molecule has 0 aliphatic heterocycles. The fourth-order valence-electron chi connectivity index (χ4n) is 2.77. The number of carbonyl (C=O) groups excluding carboxylic acids is 1. The number of anilines is 4. The highest BCUT2D eigenvalue weighted by molar-refractivity contribution is 6.35. The highest BCUT2D eigenvalue weighted by atomic mass is 35.5. The second kappa shape index (κ2) is 8.34. The number of benzene rings is 3. The summed E-state index contributed by atoms with van der Waals surface area (Å²) in [6, 6.07) is 21.2. The first-order valence-electron chi connectivity index (χ1n) is 8.70. The summed E-state index contributed by atoms with van der Waals surface area (Å²) >= 11 is 12.1. The fourth-order valence-corrected chi connectivity index (χ4v) is 3.30. The van der Waals surface area contributed by atoms with E-state index in [2.05, 4.69) is 25.9 Å². The molecule has 0 spiro atoms. The van der Waals surface area contributed by atoms with Crippen molar-refractivity contribution >= 4 is 63.3 Å². The molecule has 0 saturated heterocycles. The summed E-state index contributed by atoms with van der Waals surface area (Å²) in [6.07, 6.45) is 0. The lowest BCUT2D eigenvalue weighted by Crippen LogP contribution is -2.20. The Balaban J connectivity index is 1.64. The van der Waals surface area contributed by atoms with Crippen LogP contribution in [0.3, 0.4) is 0 Å². The summed E-state index contributed by atoms with van der Waals surface area (Å²) in [5.74, 6) is 0.678. The summed E-state index contributed by atoms with van der Waals surface area (Å²) in [5.41, 5.74) is 1.99. The largest absolute Gasteiger partial charge is 0.324 e. The van der Waals surface area contributed by atoms with Crippen LogP contribution in [0.2, 0.25) is 10.0 Å². The quantitative estimate of drug-likeness (QED) is 0.358. The van der Waals surface area contributed by atoms with Crippen molar-refractivity contribution in [3.05, 3.63) is 82.8 Å². The zero-order valence-corrected chi connectivity index (χ0v) is 16.5. The van der Waals surface area contributed by atoms with E-state index < -0.39 is 6.03 Å². The van der Waals surface area contributed by atoms with E-state index in [1.165, 1.54) is 0 Å². The number of halogens is 2. The highest BCUT2D eigenvalue weighted by Crippen LogP contribution is 2.27. The number of hydrogen-bond acceptors (Lipinski definition) is 4. The van der Waals surface area contributed by atoms with Gasteiger partial charge in [-0.05, 0) is 42.5 Å². The van der Waals surface area contributed by atoms with Gasteiger partial charge in [-0.1, -0.05) is 53.5 Å². The number of fused-ring (bicyclic) bond motifs is 1. The third-order valence-electron chi connectivity index (χ3n) is 3.99. The van der Waals surface area contributed by atoms with Crippen LogP contribution < -0.4 is 16.0 Å². The summed E-state index contributed by atoms with van der Waals surface area (Å²) in [6.45, 7) is 0. The maximum absolute atomic E-state index is 12.4. The van der Waals surface area contributed by atoms with E-state index in [1.807, 2.05) is 42.5 Å². The van der Waals surface area contributed by atoms with Gasteiger partial charge in [-0.15, -0.1) is 0 Å². The monoisotopic (exact) mass is 423 g/mol. The molecule has 4 aromatic rings. The molecule has 3 N–H and O–H groups in total. The van der Waals surface area contributed by atoms with Gasteiger partial charge >= 0.3 is 6.03 Å². The zero-order valence-electron chi connectivity index (χ0n) is 15.0. The molecule has 0 radical (unpaired) electrons. The molecular weight excluding hydrogens is 409 g/mol. The van der Waals surface area contributed by atoms with E-state index in [9.17, 15) is 4.79 Å². The molecule has 29 heavy (non-hydrogen) atoms. The maximum Gasteiger partial charge on any atom is 0.324 e. The van der Waals surface area contributed by atoms with Crippen molar-refractivity contribution in [3.63, 3.8) is 0 Å². The Labute approximate surface area is 176 Å². The molecule has 0 saturated carbocycles. The van der Waals surface area contributed by atoms with Crippen molar-refractivity contribution in [1.29, 1.82) is 0 Å². The fraction of sp³-hybridized carbons (Fsp3) is 0. The Morgan fingerprint density at radius 1 is 0.759 bits per heavy atom. The standard InChI is InChI=1S/C21H15Cl2N5O/c22-13-10-14(23)12-16(11-13)24-20-26-18-9-5-4-8-17(18)19(27-20)28-21(29)25-15-6-2-1-3-7-15/h1-12H,(H3,24,25,26,27,28,29). The third kappa shape index (κ3) is 4.74. The van der Waals surface area contributed by atoms with E-state index in [-0.39, 0.29) is 0 Å². The SMILES string of the molecule is O=C(Nc1ccccc1)Nc1nc(Nc2cc(Cl)cc(Cl)c2)nc2ccccc12. The molecule has 0 unspecified atom stereocenters. The van der Waals surface area contributed by atoms with E-state index in [1.54, 1.807) is 30.3 Å².